The van der Waals surface area contributed by atoms with Gasteiger partial charge in [0.1, 0.15) is 11.5 Å². The van der Waals surface area contributed by atoms with E-state index >= 15 is 0 Å². The van der Waals surface area contributed by atoms with Crippen molar-refractivity contribution in [3.05, 3.63) is 41.7 Å². The number of hydrogen-bond acceptors (Lipinski definition) is 3. The standard InChI is InChI=1S/C12H14N2OS/c13-12(14)16-8-7-10-6-5-9-3-1-2-4-11(9)15-10/h1-4,7H,5-6,8H2,(H3,13,14). The minimum Gasteiger partial charge on any atom is -0.462 e. The van der Waals surface area contributed by atoms with Crippen LogP contribution < -0.4 is 10.5 Å². The van der Waals surface area contributed by atoms with Crippen molar-refractivity contribution in [1.82, 2.24) is 0 Å². The maximum Gasteiger partial charge on any atom is 0.151 e. The number of fused-ring (bicyclic) bond motifs is 1. The Morgan fingerprint density at radius 3 is 3.06 bits per heavy atom. The summed E-state index contributed by atoms with van der Waals surface area (Å²) in [6.45, 7) is 0. The number of nitrogens with one attached hydrogen (secondary N) is 1. The minimum absolute atomic E-state index is 0.146. The highest BCUT2D eigenvalue weighted by Crippen LogP contribution is 2.28. The fourth-order valence-electron chi connectivity index (χ4n) is 1.63. The van der Waals surface area contributed by atoms with Gasteiger partial charge in [-0.1, -0.05) is 30.0 Å². The average molecular weight is 234 g/mol. The van der Waals surface area contributed by atoms with E-state index in [1.165, 1.54) is 17.3 Å². The lowest BCUT2D eigenvalue weighted by Crippen LogP contribution is -2.08. The van der Waals surface area contributed by atoms with Gasteiger partial charge in [-0.25, -0.2) is 0 Å². The SMILES string of the molecule is N=C(N)SCC=C1CCc2ccccc2O1. The van der Waals surface area contributed by atoms with Crippen molar-refractivity contribution < 1.29 is 4.74 Å². The summed E-state index contributed by atoms with van der Waals surface area (Å²) in [6, 6.07) is 8.09. The molecule has 1 aliphatic heterocycles. The van der Waals surface area contributed by atoms with Crippen molar-refractivity contribution in [2.24, 2.45) is 5.73 Å². The number of aryl methyl sites for hydroxylation is 1. The summed E-state index contributed by atoms with van der Waals surface area (Å²) in [5.74, 6) is 2.63. The number of nitrogens with two attached hydrogens (primary N) is 1. The quantitative estimate of drug-likeness (QED) is 0.610. The Morgan fingerprint density at radius 2 is 2.25 bits per heavy atom. The lowest BCUT2D eigenvalue weighted by molar-refractivity contribution is 0.377. The number of thioether (sulfide) groups is 1. The van der Waals surface area contributed by atoms with Crippen LogP contribution in [0.5, 0.6) is 5.75 Å². The van der Waals surface area contributed by atoms with E-state index < -0.39 is 0 Å². The monoisotopic (exact) mass is 234 g/mol. The Hall–Kier alpha value is -1.42. The Bertz CT molecular complexity index is 429. The maximum atomic E-state index is 7.10. The molecule has 0 radical (unpaired) electrons. The van der Waals surface area contributed by atoms with Crippen LogP contribution in [0.3, 0.4) is 0 Å². The first-order valence-corrected chi connectivity index (χ1v) is 6.16. The normalized spacial score (nSPS) is 16.6. The molecule has 2 rings (SSSR count). The molecule has 0 saturated heterocycles. The molecule has 0 amide bonds. The molecular weight excluding hydrogens is 220 g/mol. The Morgan fingerprint density at radius 1 is 1.44 bits per heavy atom. The van der Waals surface area contributed by atoms with Crippen LogP contribution in [0.1, 0.15) is 12.0 Å². The molecule has 1 aliphatic rings. The molecule has 0 unspecified atom stereocenters. The molecule has 0 aliphatic carbocycles. The van der Waals surface area contributed by atoms with E-state index in [-0.39, 0.29) is 5.17 Å². The summed E-state index contributed by atoms with van der Waals surface area (Å²) in [7, 11) is 0. The molecule has 3 nitrogen and oxygen atoms in total. The van der Waals surface area contributed by atoms with Crippen LogP contribution in [0.15, 0.2) is 36.1 Å². The highest BCUT2D eigenvalue weighted by Gasteiger charge is 2.12. The second-order valence-corrected chi connectivity index (χ2v) is 4.62. The van der Waals surface area contributed by atoms with Crippen molar-refractivity contribution in [1.29, 1.82) is 5.41 Å². The van der Waals surface area contributed by atoms with Crippen LogP contribution >= 0.6 is 11.8 Å². The molecule has 1 heterocycles. The molecule has 0 spiro atoms. The zero-order valence-electron chi connectivity index (χ0n) is 8.90. The zero-order valence-corrected chi connectivity index (χ0v) is 9.72. The molecule has 0 bridgehead atoms. The maximum absolute atomic E-state index is 7.10. The summed E-state index contributed by atoms with van der Waals surface area (Å²) < 4.78 is 5.75. The number of allylic oxidation sites excluding steroid dienone is 1. The molecule has 3 N–H and O–H groups in total. The van der Waals surface area contributed by atoms with E-state index in [9.17, 15) is 0 Å². The minimum atomic E-state index is 0.146. The van der Waals surface area contributed by atoms with Gasteiger partial charge in [-0.3, -0.25) is 5.41 Å². The fraction of sp³-hybridized carbons (Fsp3) is 0.250. The van der Waals surface area contributed by atoms with Crippen LogP contribution in [0.2, 0.25) is 0 Å². The predicted molar refractivity (Wildman–Crippen MR) is 67.8 cm³/mol. The number of rotatable bonds is 2. The van der Waals surface area contributed by atoms with Gasteiger partial charge in [0, 0.05) is 12.2 Å². The molecule has 0 saturated carbocycles. The van der Waals surface area contributed by atoms with Crippen molar-refractivity contribution in [2.75, 3.05) is 5.75 Å². The molecular formula is C12H14N2OS. The third-order valence-corrected chi connectivity index (χ3v) is 3.05. The molecule has 0 fully saturated rings. The first kappa shape index (κ1) is 11.1. The Balaban J connectivity index is 1.99. The van der Waals surface area contributed by atoms with Gasteiger partial charge < -0.3 is 10.5 Å². The second kappa shape index (κ2) is 5.07. The smallest absolute Gasteiger partial charge is 0.151 e. The van der Waals surface area contributed by atoms with E-state index in [1.807, 2.05) is 24.3 Å². The lowest BCUT2D eigenvalue weighted by atomic mass is 10.1. The van der Waals surface area contributed by atoms with E-state index in [1.54, 1.807) is 0 Å². The first-order chi connectivity index (χ1) is 7.75. The molecule has 1 aromatic rings. The van der Waals surface area contributed by atoms with Crippen LogP contribution in [-0.4, -0.2) is 10.9 Å². The molecule has 0 aromatic heterocycles. The van der Waals surface area contributed by atoms with Crippen LogP contribution in [0.25, 0.3) is 0 Å². The third kappa shape index (κ3) is 2.79. The van der Waals surface area contributed by atoms with Crippen molar-refractivity contribution >= 4 is 16.9 Å². The average Bonchev–Trinajstić information content (AvgIpc) is 2.28. The highest BCUT2D eigenvalue weighted by molar-refractivity contribution is 8.13. The lowest BCUT2D eigenvalue weighted by Gasteiger charge is -2.19. The summed E-state index contributed by atoms with van der Waals surface area (Å²) in [5, 5.41) is 7.25. The summed E-state index contributed by atoms with van der Waals surface area (Å²) in [4.78, 5) is 0. The van der Waals surface area contributed by atoms with Crippen molar-refractivity contribution in [3.63, 3.8) is 0 Å². The Kier molecular flexibility index (Phi) is 3.51. The van der Waals surface area contributed by atoms with Gasteiger partial charge in [0.15, 0.2) is 5.17 Å². The summed E-state index contributed by atoms with van der Waals surface area (Å²) >= 11 is 1.31. The number of hydrogen-bond donors (Lipinski definition) is 2. The van der Waals surface area contributed by atoms with Gasteiger partial charge in [-0.2, -0.15) is 0 Å². The van der Waals surface area contributed by atoms with Crippen molar-refractivity contribution in [2.45, 2.75) is 12.8 Å². The van der Waals surface area contributed by atoms with Gasteiger partial charge in [0.25, 0.3) is 0 Å². The topological polar surface area (TPSA) is 59.1 Å². The van der Waals surface area contributed by atoms with E-state index in [0.29, 0.717) is 5.75 Å². The number of amidine groups is 1. The molecule has 1 aromatic carbocycles. The summed E-state index contributed by atoms with van der Waals surface area (Å²) in [5.41, 5.74) is 6.52. The van der Waals surface area contributed by atoms with Gasteiger partial charge in [0.2, 0.25) is 0 Å². The van der Waals surface area contributed by atoms with Crippen LogP contribution in [0, 0.1) is 5.41 Å². The van der Waals surface area contributed by atoms with Crippen molar-refractivity contribution in [3.8, 4) is 5.75 Å². The van der Waals surface area contributed by atoms with Crippen LogP contribution in [0.4, 0.5) is 0 Å². The largest absolute Gasteiger partial charge is 0.462 e. The molecule has 16 heavy (non-hydrogen) atoms. The fourth-order valence-corrected chi connectivity index (χ4v) is 2.08. The second-order valence-electron chi connectivity index (χ2n) is 3.56. The third-order valence-electron chi connectivity index (χ3n) is 2.40. The Labute approximate surface area is 99.2 Å². The molecule has 4 heteroatoms. The van der Waals surface area contributed by atoms with Gasteiger partial charge >= 0.3 is 0 Å². The molecule has 84 valence electrons. The molecule has 0 atom stereocenters. The number of benzene rings is 1. The van der Waals surface area contributed by atoms with Gasteiger partial charge in [0.05, 0.1) is 0 Å². The highest BCUT2D eigenvalue weighted by atomic mass is 32.2. The van der Waals surface area contributed by atoms with Crippen LogP contribution in [-0.2, 0) is 6.42 Å². The zero-order chi connectivity index (χ0) is 11.4. The van der Waals surface area contributed by atoms with E-state index in [2.05, 4.69) is 6.07 Å². The first-order valence-electron chi connectivity index (χ1n) is 5.17. The number of ether oxygens (including phenoxy) is 1. The van der Waals surface area contributed by atoms with Gasteiger partial charge in [-0.05, 0) is 24.1 Å². The predicted octanol–water partition coefficient (Wildman–Crippen LogP) is 2.52. The van der Waals surface area contributed by atoms with Gasteiger partial charge in [-0.15, -0.1) is 0 Å². The summed E-state index contributed by atoms with van der Waals surface area (Å²) in [6.07, 6.45) is 3.95. The van der Waals surface area contributed by atoms with E-state index in [0.717, 1.165) is 24.4 Å². The number of para-hydroxylation sites is 1. The van der Waals surface area contributed by atoms with E-state index in [4.69, 9.17) is 15.9 Å².